The number of amides is 2. The molecule has 0 bridgehead atoms. The monoisotopic (exact) mass is 488 g/mol. The van der Waals surface area contributed by atoms with Gasteiger partial charge < -0.3 is 20.0 Å². The van der Waals surface area contributed by atoms with E-state index in [1.54, 1.807) is 0 Å². The number of benzene rings is 1. The second-order valence-electron chi connectivity index (χ2n) is 8.14. The SMILES string of the molecule is O=C(Nc1cc(C(F)(F)F)cc(C(F)(F)F)c1)N1CCN(c2ccc(N3CCCC3)nn2)CC1. The lowest BCUT2D eigenvalue weighted by Gasteiger charge is -2.35. The molecule has 184 valence electrons. The van der Waals surface area contributed by atoms with Gasteiger partial charge in [0.1, 0.15) is 0 Å². The van der Waals surface area contributed by atoms with Crippen LogP contribution in [0.4, 0.5) is 48.5 Å². The molecule has 34 heavy (non-hydrogen) atoms. The van der Waals surface area contributed by atoms with Crippen LogP contribution in [0.1, 0.15) is 24.0 Å². The fraction of sp³-hybridized carbons (Fsp3) is 0.476. The molecular weight excluding hydrogens is 466 g/mol. The molecule has 2 aromatic rings. The molecule has 2 saturated heterocycles. The second-order valence-corrected chi connectivity index (χ2v) is 8.14. The molecule has 2 amide bonds. The molecule has 0 atom stereocenters. The van der Waals surface area contributed by atoms with Gasteiger partial charge in [-0.1, -0.05) is 0 Å². The zero-order valence-corrected chi connectivity index (χ0v) is 18.0. The van der Waals surface area contributed by atoms with Crippen molar-refractivity contribution in [1.29, 1.82) is 0 Å². The highest BCUT2D eigenvalue weighted by molar-refractivity contribution is 5.89. The summed E-state index contributed by atoms with van der Waals surface area (Å²) in [5.41, 5.74) is -3.55. The van der Waals surface area contributed by atoms with Gasteiger partial charge in [-0.2, -0.15) is 26.3 Å². The van der Waals surface area contributed by atoms with Gasteiger partial charge in [0.2, 0.25) is 0 Å². The fourth-order valence-electron chi connectivity index (χ4n) is 3.97. The summed E-state index contributed by atoms with van der Waals surface area (Å²) in [4.78, 5) is 17.9. The molecule has 4 rings (SSSR count). The number of alkyl halides is 6. The van der Waals surface area contributed by atoms with E-state index in [0.29, 0.717) is 31.0 Å². The first-order valence-corrected chi connectivity index (χ1v) is 10.7. The van der Waals surface area contributed by atoms with Gasteiger partial charge in [-0.3, -0.25) is 0 Å². The maximum Gasteiger partial charge on any atom is 0.416 e. The van der Waals surface area contributed by atoms with Crippen molar-refractivity contribution in [2.75, 3.05) is 54.4 Å². The number of piperazine rings is 1. The molecule has 0 saturated carbocycles. The van der Waals surface area contributed by atoms with Gasteiger partial charge in [-0.05, 0) is 43.2 Å². The predicted molar refractivity (Wildman–Crippen MR) is 113 cm³/mol. The number of halogens is 6. The highest BCUT2D eigenvalue weighted by Crippen LogP contribution is 2.37. The quantitative estimate of drug-likeness (QED) is 0.647. The van der Waals surface area contributed by atoms with E-state index in [-0.39, 0.29) is 19.2 Å². The van der Waals surface area contributed by atoms with Crippen molar-refractivity contribution in [3.63, 3.8) is 0 Å². The molecule has 0 aliphatic carbocycles. The Morgan fingerprint density at radius 1 is 0.735 bits per heavy atom. The molecule has 13 heteroatoms. The average molecular weight is 488 g/mol. The smallest absolute Gasteiger partial charge is 0.355 e. The Balaban J connectivity index is 1.38. The molecule has 2 fully saturated rings. The maximum atomic E-state index is 13.0. The second kappa shape index (κ2) is 9.18. The molecule has 0 radical (unpaired) electrons. The number of urea groups is 1. The number of anilines is 3. The fourth-order valence-corrected chi connectivity index (χ4v) is 3.97. The van der Waals surface area contributed by atoms with E-state index < -0.39 is 35.2 Å². The molecule has 1 N–H and O–H groups in total. The topological polar surface area (TPSA) is 64.6 Å². The zero-order valence-electron chi connectivity index (χ0n) is 18.0. The first-order valence-electron chi connectivity index (χ1n) is 10.7. The van der Waals surface area contributed by atoms with Gasteiger partial charge in [-0.25, -0.2) is 4.79 Å². The molecule has 1 aromatic heterocycles. The van der Waals surface area contributed by atoms with Crippen LogP contribution in [0.5, 0.6) is 0 Å². The number of hydrogen-bond donors (Lipinski definition) is 1. The lowest BCUT2D eigenvalue weighted by Crippen LogP contribution is -2.50. The predicted octanol–water partition coefficient (Wildman–Crippen LogP) is 4.47. The minimum Gasteiger partial charge on any atom is -0.355 e. The van der Waals surface area contributed by atoms with Gasteiger partial charge in [0.05, 0.1) is 11.1 Å². The van der Waals surface area contributed by atoms with Crippen molar-refractivity contribution in [2.45, 2.75) is 25.2 Å². The highest BCUT2D eigenvalue weighted by Gasteiger charge is 2.37. The summed E-state index contributed by atoms with van der Waals surface area (Å²) in [5, 5.41) is 10.7. The van der Waals surface area contributed by atoms with Crippen LogP contribution in [0.2, 0.25) is 0 Å². The zero-order chi connectivity index (χ0) is 24.5. The van der Waals surface area contributed by atoms with Crippen LogP contribution in [0.25, 0.3) is 0 Å². The number of hydrogen-bond acceptors (Lipinski definition) is 5. The molecular formula is C21H22F6N6O. The van der Waals surface area contributed by atoms with E-state index in [9.17, 15) is 31.1 Å². The van der Waals surface area contributed by atoms with Crippen LogP contribution in [0.3, 0.4) is 0 Å². The molecule has 0 spiro atoms. The number of carbonyl (C=O) groups is 1. The number of carbonyl (C=O) groups excluding carboxylic acids is 1. The summed E-state index contributed by atoms with van der Waals surface area (Å²) in [7, 11) is 0. The first-order chi connectivity index (χ1) is 16.0. The number of aromatic nitrogens is 2. The minimum absolute atomic E-state index is 0.0183. The number of nitrogens with one attached hydrogen (secondary N) is 1. The van der Waals surface area contributed by atoms with Gasteiger partial charge in [0.15, 0.2) is 11.6 Å². The van der Waals surface area contributed by atoms with Crippen LogP contribution in [-0.4, -0.2) is 60.4 Å². The van der Waals surface area contributed by atoms with E-state index >= 15 is 0 Å². The summed E-state index contributed by atoms with van der Waals surface area (Å²) >= 11 is 0. The Morgan fingerprint density at radius 3 is 1.65 bits per heavy atom. The Kier molecular flexibility index (Phi) is 6.45. The van der Waals surface area contributed by atoms with Crippen LogP contribution in [-0.2, 0) is 12.4 Å². The molecule has 7 nitrogen and oxygen atoms in total. The summed E-state index contributed by atoms with van der Waals surface area (Å²) in [6.45, 7) is 3.10. The van der Waals surface area contributed by atoms with Crippen LogP contribution in [0, 0.1) is 0 Å². The maximum absolute atomic E-state index is 13.0. The Bertz CT molecular complexity index is 980. The van der Waals surface area contributed by atoms with E-state index in [4.69, 9.17) is 0 Å². The Morgan fingerprint density at radius 2 is 1.21 bits per heavy atom. The van der Waals surface area contributed by atoms with E-state index in [2.05, 4.69) is 20.4 Å². The van der Waals surface area contributed by atoms with E-state index in [0.717, 1.165) is 31.7 Å². The summed E-state index contributed by atoms with van der Waals surface area (Å²) in [6, 6.07) is 3.95. The molecule has 2 aliphatic rings. The van der Waals surface area contributed by atoms with Gasteiger partial charge in [0, 0.05) is 45.0 Å². The normalized spacial score (nSPS) is 17.3. The van der Waals surface area contributed by atoms with Crippen LogP contribution >= 0.6 is 0 Å². The molecule has 1 aromatic carbocycles. The van der Waals surface area contributed by atoms with Gasteiger partial charge >= 0.3 is 18.4 Å². The Hall–Kier alpha value is -3.25. The van der Waals surface area contributed by atoms with E-state index in [1.807, 2.05) is 17.0 Å². The highest BCUT2D eigenvalue weighted by atomic mass is 19.4. The van der Waals surface area contributed by atoms with Crippen molar-refractivity contribution >= 4 is 23.4 Å². The van der Waals surface area contributed by atoms with Crippen molar-refractivity contribution in [3.05, 3.63) is 41.5 Å². The van der Waals surface area contributed by atoms with Crippen molar-refractivity contribution < 1.29 is 31.1 Å². The summed E-state index contributed by atoms with van der Waals surface area (Å²) in [5.74, 6) is 1.44. The molecule has 2 aliphatic heterocycles. The summed E-state index contributed by atoms with van der Waals surface area (Å²) < 4.78 is 78.2. The number of rotatable bonds is 3. The van der Waals surface area contributed by atoms with Crippen molar-refractivity contribution in [3.8, 4) is 0 Å². The average Bonchev–Trinajstić information content (AvgIpc) is 3.33. The van der Waals surface area contributed by atoms with Crippen molar-refractivity contribution in [1.82, 2.24) is 15.1 Å². The minimum atomic E-state index is -4.99. The van der Waals surface area contributed by atoms with E-state index in [1.165, 1.54) is 4.90 Å². The van der Waals surface area contributed by atoms with Crippen LogP contribution in [0.15, 0.2) is 30.3 Å². The van der Waals surface area contributed by atoms with Gasteiger partial charge in [-0.15, -0.1) is 10.2 Å². The third-order valence-electron chi connectivity index (χ3n) is 5.80. The van der Waals surface area contributed by atoms with Crippen LogP contribution < -0.4 is 15.1 Å². The lowest BCUT2D eigenvalue weighted by atomic mass is 10.1. The third kappa shape index (κ3) is 5.45. The molecule has 3 heterocycles. The van der Waals surface area contributed by atoms with Crippen molar-refractivity contribution in [2.24, 2.45) is 0 Å². The molecule has 0 unspecified atom stereocenters. The standard InChI is InChI=1S/C21H22F6N6O/c22-20(23,24)14-11-15(21(25,26)27)13-16(12-14)28-19(34)33-9-7-32(8-10-33)18-4-3-17(29-30-18)31-5-1-2-6-31/h3-4,11-13H,1-2,5-10H2,(H,28,34). The Labute approximate surface area is 191 Å². The first kappa shape index (κ1) is 23.9. The largest absolute Gasteiger partial charge is 0.416 e. The summed E-state index contributed by atoms with van der Waals surface area (Å²) in [6.07, 6.45) is -7.74. The lowest BCUT2D eigenvalue weighted by molar-refractivity contribution is -0.143. The van der Waals surface area contributed by atoms with Gasteiger partial charge in [0.25, 0.3) is 0 Å². The number of nitrogens with zero attached hydrogens (tertiary/aromatic N) is 5. The third-order valence-corrected chi connectivity index (χ3v) is 5.80.